The molecule has 0 spiro atoms. The Balaban J connectivity index is 3.54. The van der Waals surface area contributed by atoms with Crippen LogP contribution in [-0.2, 0) is 4.79 Å². The number of rotatable bonds is 4. The first-order valence-electron chi connectivity index (χ1n) is 3.22. The van der Waals surface area contributed by atoms with E-state index >= 15 is 0 Å². The van der Waals surface area contributed by atoms with Crippen LogP contribution in [0.2, 0.25) is 0 Å². The zero-order valence-electron chi connectivity index (χ0n) is 5.86. The molecular weight excluding hydrogens is 171 g/mol. The minimum atomic E-state index is 0.00171. The highest BCUT2D eigenvalue weighted by molar-refractivity contribution is 6.56. The topological polar surface area (TPSA) is 17.1 Å². The van der Waals surface area contributed by atoms with Crippen LogP contribution in [0.3, 0.4) is 0 Å². The molecule has 0 aliphatic carbocycles. The zero-order valence-corrected chi connectivity index (χ0v) is 7.37. The zero-order chi connectivity index (χ0) is 7.98. The number of carbonyl (C=O) groups is 1. The lowest BCUT2D eigenvalue weighted by atomic mass is 10.2. The molecule has 0 aromatic carbocycles. The monoisotopic (exact) mass is 180 g/mol. The van der Waals surface area contributed by atoms with Crippen LogP contribution >= 0.6 is 23.2 Å². The molecule has 0 N–H and O–H groups in total. The van der Waals surface area contributed by atoms with Crippen LogP contribution in [0.1, 0.15) is 26.2 Å². The van der Waals surface area contributed by atoms with Crippen molar-refractivity contribution in [3.63, 3.8) is 0 Å². The highest BCUT2D eigenvalue weighted by Crippen LogP contribution is 2.07. The lowest BCUT2D eigenvalue weighted by molar-refractivity contribution is -0.114. The van der Waals surface area contributed by atoms with E-state index in [1.807, 2.05) is 6.92 Å². The molecule has 0 rings (SSSR count). The van der Waals surface area contributed by atoms with Gasteiger partial charge in [0.05, 0.1) is 0 Å². The van der Waals surface area contributed by atoms with Gasteiger partial charge in [-0.3, -0.25) is 4.79 Å². The van der Waals surface area contributed by atoms with Gasteiger partial charge in [-0.05, 0) is 6.42 Å². The second-order valence-corrected chi connectivity index (χ2v) is 3.01. The van der Waals surface area contributed by atoms with E-state index < -0.39 is 0 Å². The molecule has 0 unspecified atom stereocenters. The fourth-order valence-electron chi connectivity index (χ4n) is 0.545. The predicted octanol–water partition coefficient (Wildman–Crippen LogP) is 3.06. The van der Waals surface area contributed by atoms with Crippen molar-refractivity contribution in [3.05, 3.63) is 10.6 Å². The van der Waals surface area contributed by atoms with Gasteiger partial charge in [0, 0.05) is 12.5 Å². The van der Waals surface area contributed by atoms with Crippen LogP contribution in [0.5, 0.6) is 0 Å². The van der Waals surface area contributed by atoms with E-state index in [1.54, 1.807) is 0 Å². The maximum absolute atomic E-state index is 10.8. The minimum Gasteiger partial charge on any atom is -0.295 e. The number of hydrogen-bond acceptors (Lipinski definition) is 1. The van der Waals surface area contributed by atoms with Gasteiger partial charge in [-0.25, -0.2) is 0 Å². The Labute approximate surface area is 71.0 Å². The molecule has 0 bridgehead atoms. The Kier molecular flexibility index (Phi) is 5.74. The molecule has 0 heterocycles. The summed E-state index contributed by atoms with van der Waals surface area (Å²) in [4.78, 5) is 10.8. The first-order valence-corrected chi connectivity index (χ1v) is 3.98. The van der Waals surface area contributed by atoms with Gasteiger partial charge in [0.25, 0.3) is 0 Å². The predicted molar refractivity (Wildman–Crippen MR) is 44.3 cm³/mol. The number of ketones is 1. The van der Waals surface area contributed by atoms with E-state index in [1.165, 1.54) is 6.08 Å². The van der Waals surface area contributed by atoms with Crippen molar-refractivity contribution in [1.29, 1.82) is 0 Å². The molecule has 0 saturated carbocycles. The third kappa shape index (κ3) is 6.12. The Hall–Kier alpha value is -0.0100. The van der Waals surface area contributed by atoms with E-state index in [2.05, 4.69) is 0 Å². The van der Waals surface area contributed by atoms with Crippen molar-refractivity contribution < 1.29 is 4.79 Å². The van der Waals surface area contributed by atoms with Crippen molar-refractivity contribution in [1.82, 2.24) is 0 Å². The summed E-state index contributed by atoms with van der Waals surface area (Å²) < 4.78 is 0.0427. The number of carbonyl (C=O) groups excluding carboxylic acids is 1. The van der Waals surface area contributed by atoms with Gasteiger partial charge >= 0.3 is 0 Å². The third-order valence-corrected chi connectivity index (χ3v) is 1.27. The molecule has 58 valence electrons. The van der Waals surface area contributed by atoms with Gasteiger partial charge in [-0.2, -0.15) is 0 Å². The SMILES string of the molecule is CCCCC(=O)C=C(Cl)Cl. The molecule has 0 aliphatic heterocycles. The second-order valence-electron chi connectivity index (χ2n) is 2.00. The van der Waals surface area contributed by atoms with Crippen molar-refractivity contribution >= 4 is 29.0 Å². The van der Waals surface area contributed by atoms with Crippen LogP contribution in [0.4, 0.5) is 0 Å². The smallest absolute Gasteiger partial charge is 0.158 e. The maximum Gasteiger partial charge on any atom is 0.158 e. The summed E-state index contributed by atoms with van der Waals surface area (Å²) in [7, 11) is 0. The molecule has 0 aromatic heterocycles. The van der Waals surface area contributed by atoms with E-state index in [0.717, 1.165) is 12.8 Å². The lowest BCUT2D eigenvalue weighted by Gasteiger charge is -1.90. The van der Waals surface area contributed by atoms with Crippen molar-refractivity contribution in [2.75, 3.05) is 0 Å². The number of hydrogen-bond donors (Lipinski definition) is 0. The van der Waals surface area contributed by atoms with Crippen molar-refractivity contribution in [2.45, 2.75) is 26.2 Å². The highest BCUT2D eigenvalue weighted by atomic mass is 35.5. The first-order chi connectivity index (χ1) is 4.66. The first kappa shape index (κ1) is 9.99. The van der Waals surface area contributed by atoms with E-state index in [9.17, 15) is 4.79 Å². The summed E-state index contributed by atoms with van der Waals surface area (Å²) in [6.07, 6.45) is 3.70. The normalized spacial score (nSPS) is 9.10. The molecule has 0 aliphatic rings. The van der Waals surface area contributed by atoms with Gasteiger partial charge in [0.15, 0.2) is 5.78 Å². The lowest BCUT2D eigenvalue weighted by Crippen LogP contribution is -1.91. The van der Waals surface area contributed by atoms with E-state index in [4.69, 9.17) is 23.2 Å². The van der Waals surface area contributed by atoms with Crippen molar-refractivity contribution in [3.8, 4) is 0 Å². The third-order valence-electron chi connectivity index (χ3n) is 1.05. The standard InChI is InChI=1S/C7H10Cl2O/c1-2-3-4-6(10)5-7(8)9/h5H,2-4H2,1H3. The molecule has 3 heteroatoms. The number of unbranched alkanes of at least 4 members (excludes halogenated alkanes) is 1. The molecular formula is C7H10Cl2O. The molecule has 0 saturated heterocycles. The van der Waals surface area contributed by atoms with Crippen LogP contribution in [-0.4, -0.2) is 5.78 Å². The molecule has 0 amide bonds. The van der Waals surface area contributed by atoms with Gasteiger partial charge in [-0.1, -0.05) is 36.5 Å². The van der Waals surface area contributed by atoms with Crippen LogP contribution < -0.4 is 0 Å². The Morgan fingerprint density at radius 2 is 2.10 bits per heavy atom. The van der Waals surface area contributed by atoms with Gasteiger partial charge in [0.2, 0.25) is 0 Å². The van der Waals surface area contributed by atoms with Crippen molar-refractivity contribution in [2.24, 2.45) is 0 Å². The summed E-state index contributed by atoms with van der Waals surface area (Å²) in [5.41, 5.74) is 0. The Morgan fingerprint density at radius 1 is 1.50 bits per heavy atom. The quantitative estimate of drug-likeness (QED) is 0.609. The Bertz CT molecular complexity index is 137. The Morgan fingerprint density at radius 3 is 2.50 bits per heavy atom. The summed E-state index contributed by atoms with van der Waals surface area (Å²) >= 11 is 10.5. The van der Waals surface area contributed by atoms with Crippen LogP contribution in [0.15, 0.2) is 10.6 Å². The summed E-state index contributed by atoms with van der Waals surface area (Å²) in [6.45, 7) is 2.03. The van der Waals surface area contributed by atoms with E-state index in [0.29, 0.717) is 6.42 Å². The van der Waals surface area contributed by atoms with Crippen LogP contribution in [0, 0.1) is 0 Å². The number of halogens is 2. The molecule has 0 atom stereocenters. The second kappa shape index (κ2) is 5.75. The molecule has 0 radical (unpaired) electrons. The average Bonchev–Trinajstić information content (AvgIpc) is 1.82. The summed E-state index contributed by atoms with van der Waals surface area (Å²) in [5.74, 6) is 0.00171. The molecule has 0 fully saturated rings. The van der Waals surface area contributed by atoms with Crippen LogP contribution in [0.25, 0.3) is 0 Å². The molecule has 0 aromatic rings. The number of allylic oxidation sites excluding steroid dienone is 1. The highest BCUT2D eigenvalue weighted by Gasteiger charge is 1.96. The minimum absolute atomic E-state index is 0.00171. The fourth-order valence-corrected chi connectivity index (χ4v) is 0.788. The summed E-state index contributed by atoms with van der Waals surface area (Å²) in [5, 5.41) is 0. The molecule has 1 nitrogen and oxygen atoms in total. The summed E-state index contributed by atoms with van der Waals surface area (Å²) in [6, 6.07) is 0. The van der Waals surface area contributed by atoms with E-state index in [-0.39, 0.29) is 10.3 Å². The van der Waals surface area contributed by atoms with Gasteiger partial charge < -0.3 is 0 Å². The molecule has 10 heavy (non-hydrogen) atoms. The largest absolute Gasteiger partial charge is 0.295 e. The maximum atomic E-state index is 10.8. The average molecular weight is 181 g/mol. The fraction of sp³-hybridized carbons (Fsp3) is 0.571. The van der Waals surface area contributed by atoms with Gasteiger partial charge in [0.1, 0.15) is 4.49 Å². The van der Waals surface area contributed by atoms with Gasteiger partial charge in [-0.15, -0.1) is 0 Å².